The molecule has 0 radical (unpaired) electrons. The van der Waals surface area contributed by atoms with Gasteiger partial charge in [-0.1, -0.05) is 36.4 Å². The van der Waals surface area contributed by atoms with Crippen LogP contribution in [0.1, 0.15) is 11.1 Å². The summed E-state index contributed by atoms with van der Waals surface area (Å²) < 4.78 is 16.0. The van der Waals surface area contributed by atoms with Crippen molar-refractivity contribution in [3.8, 4) is 11.5 Å². The number of aliphatic hydroxyl groups excluding tert-OH is 4. The first-order valence-corrected chi connectivity index (χ1v) is 9.58. The van der Waals surface area contributed by atoms with E-state index in [1.807, 2.05) is 18.2 Å². The van der Waals surface area contributed by atoms with Gasteiger partial charge < -0.3 is 39.7 Å². The molecule has 0 bridgehead atoms. The van der Waals surface area contributed by atoms with Crippen molar-refractivity contribution in [3.05, 3.63) is 65.7 Å². The summed E-state index contributed by atoms with van der Waals surface area (Å²) in [6.45, 7) is -0.689. The van der Waals surface area contributed by atoms with Crippen LogP contribution < -0.4 is 4.74 Å². The Kier molecular flexibility index (Phi) is 7.61. The lowest BCUT2D eigenvalue weighted by Gasteiger charge is -2.39. The largest absolute Gasteiger partial charge is 0.504 e. The second-order valence-corrected chi connectivity index (χ2v) is 6.97. The monoisotopic (exact) mass is 432 g/mol. The van der Waals surface area contributed by atoms with Gasteiger partial charge >= 0.3 is 5.97 Å². The van der Waals surface area contributed by atoms with Crippen LogP contribution in [0, 0.1) is 0 Å². The summed E-state index contributed by atoms with van der Waals surface area (Å²) in [5.74, 6) is -1.06. The third-order valence-electron chi connectivity index (χ3n) is 4.72. The van der Waals surface area contributed by atoms with Crippen LogP contribution >= 0.6 is 0 Å². The van der Waals surface area contributed by atoms with Crippen molar-refractivity contribution in [2.45, 2.75) is 37.3 Å². The number of ether oxygens (including phenoxy) is 3. The van der Waals surface area contributed by atoms with Gasteiger partial charge in [-0.05, 0) is 29.3 Å². The van der Waals surface area contributed by atoms with E-state index >= 15 is 0 Å². The number of hydrogen-bond acceptors (Lipinski definition) is 9. The van der Waals surface area contributed by atoms with Gasteiger partial charge in [-0.25, -0.2) is 4.79 Å². The summed E-state index contributed by atoms with van der Waals surface area (Å²) in [6, 6.07) is 13.2. The smallest absolute Gasteiger partial charge is 0.330 e. The first kappa shape index (κ1) is 22.7. The van der Waals surface area contributed by atoms with E-state index in [9.17, 15) is 25.2 Å². The topological polar surface area (TPSA) is 146 Å². The fraction of sp³-hybridized carbons (Fsp3) is 0.318. The number of carbonyl (C=O) groups excluding carboxylic acids is 1. The molecule has 5 atom stereocenters. The second-order valence-electron chi connectivity index (χ2n) is 6.97. The van der Waals surface area contributed by atoms with Crippen LogP contribution in [0.15, 0.2) is 54.6 Å². The van der Waals surface area contributed by atoms with Gasteiger partial charge in [-0.2, -0.15) is 0 Å². The minimum atomic E-state index is -1.64. The zero-order chi connectivity index (χ0) is 22.4. The van der Waals surface area contributed by atoms with Crippen molar-refractivity contribution in [1.29, 1.82) is 0 Å². The average molecular weight is 432 g/mol. The highest BCUT2D eigenvalue weighted by Gasteiger charge is 2.45. The Morgan fingerprint density at radius 3 is 2.45 bits per heavy atom. The Labute approximate surface area is 178 Å². The maximum atomic E-state index is 11.9. The number of aromatic hydroxyl groups is 1. The van der Waals surface area contributed by atoms with Gasteiger partial charge in [0.2, 0.25) is 6.29 Å². The highest BCUT2D eigenvalue weighted by molar-refractivity contribution is 5.87. The fourth-order valence-electron chi connectivity index (χ4n) is 2.98. The van der Waals surface area contributed by atoms with Gasteiger partial charge in [0.1, 0.15) is 31.0 Å². The van der Waals surface area contributed by atoms with E-state index in [0.29, 0.717) is 5.56 Å². The molecule has 2 aromatic rings. The third-order valence-corrected chi connectivity index (χ3v) is 4.72. The lowest BCUT2D eigenvalue weighted by Crippen LogP contribution is -2.60. The quantitative estimate of drug-likeness (QED) is 0.308. The molecule has 0 spiro atoms. The van der Waals surface area contributed by atoms with Gasteiger partial charge in [0, 0.05) is 6.08 Å². The van der Waals surface area contributed by atoms with Crippen LogP contribution in [0.5, 0.6) is 11.5 Å². The maximum absolute atomic E-state index is 11.9. The number of rotatable bonds is 7. The SMILES string of the molecule is O=C(C=Cc1ccccc1)OCC1OC(Oc2ccc(CO)cc2O)C(O)C(O)C1O. The first-order chi connectivity index (χ1) is 14.9. The van der Waals surface area contributed by atoms with Crippen molar-refractivity contribution < 1.29 is 44.5 Å². The van der Waals surface area contributed by atoms with Crippen LogP contribution in [-0.4, -0.2) is 68.8 Å². The van der Waals surface area contributed by atoms with Crippen molar-refractivity contribution in [1.82, 2.24) is 0 Å². The minimum absolute atomic E-state index is 0.0635. The summed E-state index contributed by atoms with van der Waals surface area (Å²) in [5, 5.41) is 49.5. The first-order valence-electron chi connectivity index (χ1n) is 9.58. The summed E-state index contributed by atoms with van der Waals surface area (Å²) in [7, 11) is 0. The fourth-order valence-corrected chi connectivity index (χ4v) is 2.98. The molecule has 1 aliphatic rings. The molecule has 3 rings (SSSR count). The van der Waals surface area contributed by atoms with E-state index in [4.69, 9.17) is 19.3 Å². The van der Waals surface area contributed by atoms with Gasteiger partial charge in [0.15, 0.2) is 11.5 Å². The van der Waals surface area contributed by atoms with E-state index in [0.717, 1.165) is 5.56 Å². The van der Waals surface area contributed by atoms with Crippen LogP contribution in [-0.2, 0) is 20.9 Å². The predicted molar refractivity (Wildman–Crippen MR) is 108 cm³/mol. The van der Waals surface area contributed by atoms with Gasteiger partial charge in [-0.15, -0.1) is 0 Å². The summed E-state index contributed by atoms with van der Waals surface area (Å²) in [6.07, 6.45) is -4.66. The van der Waals surface area contributed by atoms with Crippen molar-refractivity contribution in [2.75, 3.05) is 6.61 Å². The molecule has 1 heterocycles. The summed E-state index contributed by atoms with van der Waals surface area (Å²) in [5.41, 5.74) is 1.24. The third kappa shape index (κ3) is 5.81. The molecule has 1 saturated heterocycles. The standard InChI is InChI=1S/C22H24O9/c23-11-14-6-8-16(15(24)10-14)30-22-21(28)20(27)19(26)17(31-22)12-29-18(25)9-7-13-4-2-1-3-5-13/h1-10,17,19-24,26-28H,11-12H2. The Morgan fingerprint density at radius 2 is 1.77 bits per heavy atom. The molecule has 31 heavy (non-hydrogen) atoms. The maximum Gasteiger partial charge on any atom is 0.330 e. The second kappa shape index (κ2) is 10.4. The molecule has 5 unspecified atom stereocenters. The highest BCUT2D eigenvalue weighted by atomic mass is 16.7. The lowest BCUT2D eigenvalue weighted by molar-refractivity contribution is -0.278. The van der Waals surface area contributed by atoms with Crippen molar-refractivity contribution in [3.63, 3.8) is 0 Å². The molecule has 0 amide bonds. The van der Waals surface area contributed by atoms with E-state index < -0.39 is 43.3 Å². The molecular weight excluding hydrogens is 408 g/mol. The molecule has 1 aliphatic heterocycles. The van der Waals surface area contributed by atoms with Gasteiger partial charge in [0.05, 0.1) is 6.61 Å². The number of phenols is 1. The number of carbonyl (C=O) groups is 1. The number of esters is 1. The van der Waals surface area contributed by atoms with Gasteiger partial charge in [0.25, 0.3) is 0 Å². The normalized spacial score (nSPS) is 26.0. The molecule has 166 valence electrons. The summed E-state index contributed by atoms with van der Waals surface area (Å²) >= 11 is 0. The van der Waals surface area contributed by atoms with E-state index in [2.05, 4.69) is 0 Å². The Hall–Kier alpha value is -2.95. The van der Waals surface area contributed by atoms with Gasteiger partial charge in [-0.3, -0.25) is 0 Å². The van der Waals surface area contributed by atoms with Crippen LogP contribution in [0.4, 0.5) is 0 Å². The van der Waals surface area contributed by atoms with Crippen molar-refractivity contribution >= 4 is 12.0 Å². The Balaban J connectivity index is 1.61. The number of aliphatic hydroxyl groups is 4. The molecular formula is C22H24O9. The summed E-state index contributed by atoms with van der Waals surface area (Å²) in [4.78, 5) is 11.9. The molecule has 0 aliphatic carbocycles. The number of hydrogen-bond donors (Lipinski definition) is 5. The zero-order valence-corrected chi connectivity index (χ0v) is 16.4. The highest BCUT2D eigenvalue weighted by Crippen LogP contribution is 2.31. The molecule has 0 saturated carbocycles. The number of benzene rings is 2. The van der Waals surface area contributed by atoms with E-state index in [1.165, 1.54) is 24.3 Å². The molecule has 9 nitrogen and oxygen atoms in total. The van der Waals surface area contributed by atoms with E-state index in [1.54, 1.807) is 18.2 Å². The van der Waals surface area contributed by atoms with Crippen LogP contribution in [0.3, 0.4) is 0 Å². The number of phenolic OH excluding ortho intramolecular Hbond substituents is 1. The molecule has 5 N–H and O–H groups in total. The average Bonchev–Trinajstić information content (AvgIpc) is 2.79. The Morgan fingerprint density at radius 1 is 1.03 bits per heavy atom. The molecule has 0 aromatic heterocycles. The van der Waals surface area contributed by atoms with Crippen LogP contribution in [0.25, 0.3) is 6.08 Å². The van der Waals surface area contributed by atoms with E-state index in [-0.39, 0.29) is 18.1 Å². The predicted octanol–water partition coefficient (Wildman–Crippen LogP) is 0.327. The lowest BCUT2D eigenvalue weighted by atomic mass is 9.99. The molecule has 2 aromatic carbocycles. The molecule has 9 heteroatoms. The van der Waals surface area contributed by atoms with Crippen molar-refractivity contribution in [2.24, 2.45) is 0 Å². The Bertz CT molecular complexity index is 899. The van der Waals surface area contributed by atoms with Crippen LogP contribution in [0.2, 0.25) is 0 Å². The zero-order valence-electron chi connectivity index (χ0n) is 16.4. The molecule has 1 fully saturated rings. The minimum Gasteiger partial charge on any atom is -0.504 e.